The summed E-state index contributed by atoms with van der Waals surface area (Å²) in [6.07, 6.45) is 0. The molecule has 0 saturated carbocycles. The number of dihydropyridines is 1. The summed E-state index contributed by atoms with van der Waals surface area (Å²) >= 11 is 0. The molecule has 3 rings (SSSR count). The number of carbonyl (C=O) groups excluding carboxylic acids is 1. The van der Waals surface area contributed by atoms with Crippen molar-refractivity contribution in [3.05, 3.63) is 98.1 Å². The summed E-state index contributed by atoms with van der Waals surface area (Å²) in [6, 6.07) is 15.8. The second-order valence-corrected chi connectivity index (χ2v) is 12.4. The summed E-state index contributed by atoms with van der Waals surface area (Å²) in [7, 11) is -2.21. The number of hydrogen-bond acceptors (Lipinski definition) is 11. The molecule has 0 saturated heterocycles. The van der Waals surface area contributed by atoms with Crippen molar-refractivity contribution in [1.29, 1.82) is 0 Å². The minimum Gasteiger partial charge on any atom is -0.461 e. The Kier molecular flexibility index (Phi) is 14.4. The SMILES string of the molecule is CCOCCOP(=O)(OCCOCC)C1=C(C)NC(C)=C(C(=O)OCCN(C)Cc2ccccc2)C1c1cccc([N+](=O)[O-])c1. The van der Waals surface area contributed by atoms with Gasteiger partial charge >= 0.3 is 13.6 Å². The van der Waals surface area contributed by atoms with E-state index in [4.69, 9.17) is 23.3 Å². The smallest absolute Gasteiger partial charge is 0.360 e. The van der Waals surface area contributed by atoms with Gasteiger partial charge in [-0.25, -0.2) is 4.79 Å². The Morgan fingerprint density at radius 3 is 2.18 bits per heavy atom. The summed E-state index contributed by atoms with van der Waals surface area (Å²) in [6.45, 7) is 9.41. The van der Waals surface area contributed by atoms with E-state index in [2.05, 4.69) is 5.32 Å². The van der Waals surface area contributed by atoms with Crippen molar-refractivity contribution in [3.8, 4) is 0 Å². The van der Waals surface area contributed by atoms with Gasteiger partial charge in [-0.2, -0.15) is 0 Å². The standard InChI is InChI=1S/C32H44N3O9P/c1-6-40-18-20-43-45(39,44-21-19-41-7-2)31-25(4)33-24(3)29(30(31)27-14-11-15-28(22-27)35(37)38)32(36)42-17-16-34(5)23-26-12-9-8-10-13-26/h8-15,22,30,33H,6-7,16-21,23H2,1-5H3. The Morgan fingerprint density at radius 2 is 1.58 bits per heavy atom. The van der Waals surface area contributed by atoms with E-state index in [-0.39, 0.29) is 49.6 Å². The van der Waals surface area contributed by atoms with Crippen LogP contribution in [0.1, 0.15) is 44.7 Å². The van der Waals surface area contributed by atoms with Crippen LogP contribution in [0.25, 0.3) is 0 Å². The van der Waals surface area contributed by atoms with E-state index in [0.29, 0.717) is 43.3 Å². The van der Waals surface area contributed by atoms with Gasteiger partial charge in [0.05, 0.1) is 48.2 Å². The molecule has 0 radical (unpaired) electrons. The van der Waals surface area contributed by atoms with Crippen molar-refractivity contribution in [1.82, 2.24) is 10.2 Å². The predicted molar refractivity (Wildman–Crippen MR) is 171 cm³/mol. The minimum atomic E-state index is -4.14. The molecule has 1 N–H and O–H groups in total. The molecular weight excluding hydrogens is 601 g/mol. The molecule has 0 fully saturated rings. The highest BCUT2D eigenvalue weighted by atomic mass is 31.2. The van der Waals surface area contributed by atoms with Gasteiger partial charge in [0.25, 0.3) is 5.69 Å². The van der Waals surface area contributed by atoms with Crippen molar-refractivity contribution in [3.63, 3.8) is 0 Å². The molecule has 0 spiro atoms. The third-order valence-electron chi connectivity index (χ3n) is 7.04. The van der Waals surface area contributed by atoms with Crippen LogP contribution in [0.3, 0.4) is 0 Å². The third-order valence-corrected chi connectivity index (χ3v) is 9.27. The highest BCUT2D eigenvalue weighted by Crippen LogP contribution is 2.64. The maximum Gasteiger partial charge on any atom is 0.360 e. The topological polar surface area (TPSA) is 139 Å². The number of hydrogen-bond donors (Lipinski definition) is 1. The molecule has 0 amide bonds. The van der Waals surface area contributed by atoms with Crippen LogP contribution in [-0.4, -0.2) is 75.6 Å². The van der Waals surface area contributed by atoms with E-state index < -0.39 is 24.4 Å². The molecule has 12 nitrogen and oxygen atoms in total. The minimum absolute atomic E-state index is 0.0472. The Bertz CT molecular complexity index is 1380. The summed E-state index contributed by atoms with van der Waals surface area (Å²) in [5, 5.41) is 15.1. The van der Waals surface area contributed by atoms with Crippen molar-refractivity contribution in [2.75, 3.05) is 59.8 Å². The number of nitrogens with zero attached hydrogens (tertiary/aromatic N) is 2. The molecule has 45 heavy (non-hydrogen) atoms. The van der Waals surface area contributed by atoms with Crippen LogP contribution < -0.4 is 5.32 Å². The maximum absolute atomic E-state index is 14.7. The number of rotatable bonds is 19. The number of likely N-dealkylation sites (N-methyl/N-ethyl adjacent to an activating group) is 1. The molecule has 1 atom stereocenters. The Balaban J connectivity index is 1.97. The zero-order chi connectivity index (χ0) is 32.8. The summed E-state index contributed by atoms with van der Waals surface area (Å²) in [4.78, 5) is 27.1. The van der Waals surface area contributed by atoms with Crippen LogP contribution in [0.2, 0.25) is 0 Å². The van der Waals surface area contributed by atoms with E-state index in [1.54, 1.807) is 19.9 Å². The molecule has 0 aromatic heterocycles. The van der Waals surface area contributed by atoms with Gasteiger partial charge in [-0.15, -0.1) is 0 Å². The molecule has 1 aliphatic rings. The van der Waals surface area contributed by atoms with Gasteiger partial charge in [0.15, 0.2) is 0 Å². The zero-order valence-corrected chi connectivity index (χ0v) is 27.5. The molecule has 246 valence electrons. The van der Waals surface area contributed by atoms with E-state index in [9.17, 15) is 19.5 Å². The number of carbonyl (C=O) groups is 1. The van der Waals surface area contributed by atoms with E-state index in [0.717, 1.165) is 5.56 Å². The third kappa shape index (κ3) is 10.3. The van der Waals surface area contributed by atoms with Gasteiger partial charge in [0.2, 0.25) is 0 Å². The van der Waals surface area contributed by atoms with Crippen molar-refractivity contribution in [2.45, 2.75) is 40.2 Å². The molecule has 0 bridgehead atoms. The second kappa shape index (κ2) is 17.9. The lowest BCUT2D eigenvalue weighted by Gasteiger charge is -2.34. The molecule has 2 aromatic carbocycles. The number of nitrogens with one attached hydrogen (secondary N) is 1. The number of allylic oxidation sites excluding steroid dienone is 3. The number of benzene rings is 2. The number of ether oxygens (including phenoxy) is 3. The first-order chi connectivity index (χ1) is 21.6. The molecule has 13 heteroatoms. The number of nitro groups is 1. The monoisotopic (exact) mass is 645 g/mol. The van der Waals surface area contributed by atoms with E-state index in [1.165, 1.54) is 18.2 Å². The largest absolute Gasteiger partial charge is 0.461 e. The van der Waals surface area contributed by atoms with Crippen LogP contribution in [-0.2, 0) is 39.2 Å². The molecule has 0 aliphatic carbocycles. The first kappa shape index (κ1) is 36.1. The van der Waals surface area contributed by atoms with E-state index in [1.807, 2.05) is 56.1 Å². The summed E-state index contributed by atoms with van der Waals surface area (Å²) in [5.74, 6) is -1.67. The van der Waals surface area contributed by atoms with E-state index >= 15 is 0 Å². The normalized spacial score (nSPS) is 15.4. The Hall–Kier alpha value is -3.38. The fourth-order valence-electron chi connectivity index (χ4n) is 5.00. The number of nitro benzene ring substituents is 1. The van der Waals surface area contributed by atoms with Crippen LogP contribution >= 0.6 is 7.60 Å². The molecule has 1 heterocycles. The lowest BCUT2D eigenvalue weighted by Crippen LogP contribution is -2.31. The quantitative estimate of drug-likeness (QED) is 0.0656. The van der Waals surface area contributed by atoms with Crippen molar-refractivity contribution in [2.24, 2.45) is 0 Å². The zero-order valence-electron chi connectivity index (χ0n) is 26.7. The molecule has 1 unspecified atom stereocenters. The number of non-ortho nitro benzene ring substituents is 1. The van der Waals surface area contributed by atoms with Crippen molar-refractivity contribution < 1.29 is 37.5 Å². The second-order valence-electron chi connectivity index (χ2n) is 10.4. The van der Waals surface area contributed by atoms with Gasteiger partial charge in [-0.3, -0.25) is 19.6 Å². The number of esters is 1. The molecular formula is C32H44N3O9P. The first-order valence-corrected chi connectivity index (χ1v) is 16.5. The maximum atomic E-state index is 14.7. The van der Waals surface area contributed by atoms with Crippen molar-refractivity contribution >= 4 is 19.3 Å². The lowest BCUT2D eigenvalue weighted by molar-refractivity contribution is -0.384. The Morgan fingerprint density at radius 1 is 0.933 bits per heavy atom. The van der Waals surface area contributed by atoms with Gasteiger partial charge in [0, 0.05) is 49.8 Å². The van der Waals surface area contributed by atoms with Crippen LogP contribution in [0.5, 0.6) is 0 Å². The van der Waals surface area contributed by atoms with Gasteiger partial charge in [0.1, 0.15) is 6.61 Å². The van der Waals surface area contributed by atoms with Gasteiger partial charge in [-0.05, 0) is 45.9 Å². The van der Waals surface area contributed by atoms with Gasteiger partial charge < -0.3 is 28.6 Å². The van der Waals surface area contributed by atoms with Crippen LogP contribution in [0.4, 0.5) is 5.69 Å². The molecule has 1 aliphatic heterocycles. The first-order valence-electron chi connectivity index (χ1n) is 15.0. The molecule has 2 aromatic rings. The fraction of sp³-hybridized carbons (Fsp3) is 0.469. The Labute approximate surface area is 265 Å². The average Bonchev–Trinajstić information content (AvgIpc) is 3.01. The summed E-state index contributed by atoms with van der Waals surface area (Å²) in [5.41, 5.74) is 2.38. The predicted octanol–water partition coefficient (Wildman–Crippen LogP) is 5.76. The highest BCUT2D eigenvalue weighted by Gasteiger charge is 2.45. The summed E-state index contributed by atoms with van der Waals surface area (Å²) < 4.78 is 43.1. The van der Waals surface area contributed by atoms with Gasteiger partial charge in [-0.1, -0.05) is 42.5 Å². The fourth-order valence-corrected chi connectivity index (χ4v) is 7.05. The average molecular weight is 646 g/mol. The van der Waals surface area contributed by atoms with Crippen LogP contribution in [0.15, 0.2) is 76.9 Å². The van der Waals surface area contributed by atoms with Crippen LogP contribution in [0, 0.1) is 10.1 Å². The lowest BCUT2D eigenvalue weighted by atomic mass is 9.86. The highest BCUT2D eigenvalue weighted by molar-refractivity contribution is 7.58.